The molecule has 3 atom stereocenters. The maximum absolute atomic E-state index is 12.8. The molecule has 3 aliphatic rings. The number of carbonyl (C=O) groups is 1. The number of fused-ring (bicyclic) bond motifs is 1. The number of hydrogen-bond donors (Lipinski definition) is 0. The van der Waals surface area contributed by atoms with Crippen molar-refractivity contribution >= 4 is 11.9 Å². The standard InChI is InChI=1S/C17H24N4O/c1-12-7-18-17(19-8-12)20-6-5-15(11-20)16(22)21-9-13-3-2-4-14(13)10-21/h7-8,13-15H,2-6,9-11H2,1H3. The number of nitrogens with zero attached hydrogens (tertiary/aromatic N) is 4. The Morgan fingerprint density at radius 3 is 2.45 bits per heavy atom. The minimum absolute atomic E-state index is 0.128. The van der Waals surface area contributed by atoms with E-state index in [1.165, 1.54) is 19.3 Å². The quantitative estimate of drug-likeness (QED) is 0.836. The lowest BCUT2D eigenvalue weighted by Gasteiger charge is -2.22. The van der Waals surface area contributed by atoms with E-state index in [2.05, 4.69) is 19.8 Å². The summed E-state index contributed by atoms with van der Waals surface area (Å²) in [6, 6.07) is 0. The number of aryl methyl sites for hydroxylation is 1. The van der Waals surface area contributed by atoms with Crippen molar-refractivity contribution in [1.82, 2.24) is 14.9 Å². The third kappa shape index (κ3) is 2.46. The summed E-state index contributed by atoms with van der Waals surface area (Å²) in [6.07, 6.45) is 8.63. The van der Waals surface area contributed by atoms with E-state index in [-0.39, 0.29) is 5.92 Å². The van der Waals surface area contributed by atoms with E-state index < -0.39 is 0 Å². The van der Waals surface area contributed by atoms with Gasteiger partial charge in [0.2, 0.25) is 11.9 Å². The highest BCUT2D eigenvalue weighted by atomic mass is 16.2. The first-order chi connectivity index (χ1) is 10.7. The Morgan fingerprint density at radius 2 is 1.77 bits per heavy atom. The Labute approximate surface area is 131 Å². The zero-order chi connectivity index (χ0) is 15.1. The molecule has 0 radical (unpaired) electrons. The zero-order valence-corrected chi connectivity index (χ0v) is 13.2. The molecule has 0 aromatic carbocycles. The van der Waals surface area contributed by atoms with Crippen LogP contribution in [0.2, 0.25) is 0 Å². The first-order valence-electron chi connectivity index (χ1n) is 8.53. The number of anilines is 1. The second-order valence-corrected chi connectivity index (χ2v) is 7.19. The fourth-order valence-corrected chi connectivity index (χ4v) is 4.37. The van der Waals surface area contributed by atoms with Gasteiger partial charge in [0, 0.05) is 38.6 Å². The maximum Gasteiger partial charge on any atom is 0.227 e. The predicted molar refractivity (Wildman–Crippen MR) is 84.5 cm³/mol. The second kappa shape index (κ2) is 5.52. The average molecular weight is 300 g/mol. The van der Waals surface area contributed by atoms with E-state index in [0.717, 1.165) is 55.9 Å². The first-order valence-corrected chi connectivity index (χ1v) is 8.53. The van der Waals surface area contributed by atoms with E-state index in [1.54, 1.807) is 0 Å². The Bertz CT molecular complexity index is 546. The van der Waals surface area contributed by atoms with Gasteiger partial charge in [-0.25, -0.2) is 9.97 Å². The molecular formula is C17H24N4O. The van der Waals surface area contributed by atoms with Crippen molar-refractivity contribution in [3.63, 3.8) is 0 Å². The molecule has 22 heavy (non-hydrogen) atoms. The van der Waals surface area contributed by atoms with Crippen LogP contribution in [0.3, 0.4) is 0 Å². The third-order valence-electron chi connectivity index (χ3n) is 5.63. The Hall–Kier alpha value is -1.65. The Kier molecular flexibility index (Phi) is 3.51. The van der Waals surface area contributed by atoms with Gasteiger partial charge in [-0.1, -0.05) is 6.42 Å². The van der Waals surface area contributed by atoms with Crippen LogP contribution in [0.25, 0.3) is 0 Å². The minimum atomic E-state index is 0.128. The van der Waals surface area contributed by atoms with Gasteiger partial charge in [-0.2, -0.15) is 0 Å². The number of hydrogen-bond acceptors (Lipinski definition) is 4. The minimum Gasteiger partial charge on any atom is -0.342 e. The molecule has 5 nitrogen and oxygen atoms in total. The summed E-state index contributed by atoms with van der Waals surface area (Å²) in [5.74, 6) is 2.82. The highest BCUT2D eigenvalue weighted by Gasteiger charge is 2.41. The Morgan fingerprint density at radius 1 is 1.09 bits per heavy atom. The van der Waals surface area contributed by atoms with Crippen LogP contribution in [0, 0.1) is 24.7 Å². The van der Waals surface area contributed by atoms with E-state index in [1.807, 2.05) is 19.3 Å². The van der Waals surface area contributed by atoms with Gasteiger partial charge in [0.1, 0.15) is 0 Å². The molecule has 0 spiro atoms. The lowest BCUT2D eigenvalue weighted by atomic mass is 10.0. The second-order valence-electron chi connectivity index (χ2n) is 7.19. The molecule has 1 aromatic heterocycles. The van der Waals surface area contributed by atoms with Crippen molar-refractivity contribution < 1.29 is 4.79 Å². The average Bonchev–Trinajstić information content (AvgIpc) is 3.22. The Balaban J connectivity index is 1.38. The SMILES string of the molecule is Cc1cnc(N2CCC(C(=O)N3CC4CCCC4C3)C2)nc1. The summed E-state index contributed by atoms with van der Waals surface area (Å²) >= 11 is 0. The van der Waals surface area contributed by atoms with Crippen LogP contribution >= 0.6 is 0 Å². The highest BCUT2D eigenvalue weighted by molar-refractivity contribution is 5.80. The summed E-state index contributed by atoms with van der Waals surface area (Å²) in [5, 5.41) is 0. The van der Waals surface area contributed by atoms with Gasteiger partial charge in [-0.15, -0.1) is 0 Å². The predicted octanol–water partition coefficient (Wildman–Crippen LogP) is 1.87. The monoisotopic (exact) mass is 300 g/mol. The molecule has 5 heteroatoms. The number of amides is 1. The van der Waals surface area contributed by atoms with Crippen molar-refractivity contribution in [2.75, 3.05) is 31.1 Å². The van der Waals surface area contributed by atoms with Crippen molar-refractivity contribution in [3.05, 3.63) is 18.0 Å². The van der Waals surface area contributed by atoms with Crippen molar-refractivity contribution in [2.24, 2.45) is 17.8 Å². The lowest BCUT2D eigenvalue weighted by Crippen LogP contribution is -2.36. The lowest BCUT2D eigenvalue weighted by molar-refractivity contribution is -0.134. The molecule has 1 aromatic rings. The summed E-state index contributed by atoms with van der Waals surface area (Å²) in [5.41, 5.74) is 1.07. The zero-order valence-electron chi connectivity index (χ0n) is 13.2. The van der Waals surface area contributed by atoms with E-state index in [4.69, 9.17) is 0 Å². The molecule has 2 saturated heterocycles. The summed E-state index contributed by atoms with van der Waals surface area (Å²) in [4.78, 5) is 25.8. The number of likely N-dealkylation sites (tertiary alicyclic amines) is 1. The molecular weight excluding hydrogens is 276 g/mol. The van der Waals surface area contributed by atoms with Gasteiger partial charge in [0.05, 0.1) is 5.92 Å². The molecule has 0 N–H and O–H groups in total. The summed E-state index contributed by atoms with van der Waals surface area (Å²) in [6.45, 7) is 5.65. The highest BCUT2D eigenvalue weighted by Crippen LogP contribution is 2.38. The molecule has 0 bridgehead atoms. The molecule has 3 fully saturated rings. The molecule has 2 aliphatic heterocycles. The number of carbonyl (C=O) groups excluding carboxylic acids is 1. The van der Waals surface area contributed by atoms with Gasteiger partial charge in [0.15, 0.2) is 0 Å². The van der Waals surface area contributed by atoms with Crippen LogP contribution in [0.1, 0.15) is 31.2 Å². The third-order valence-corrected chi connectivity index (χ3v) is 5.63. The molecule has 3 heterocycles. The van der Waals surface area contributed by atoms with Crippen LogP contribution in [-0.2, 0) is 4.79 Å². The normalized spacial score (nSPS) is 30.9. The first kappa shape index (κ1) is 14.0. The number of aromatic nitrogens is 2. The van der Waals surface area contributed by atoms with Gasteiger partial charge in [0.25, 0.3) is 0 Å². The van der Waals surface area contributed by atoms with Gasteiger partial charge in [-0.3, -0.25) is 4.79 Å². The molecule has 1 saturated carbocycles. The fourth-order valence-electron chi connectivity index (χ4n) is 4.37. The van der Waals surface area contributed by atoms with Gasteiger partial charge in [-0.05, 0) is 43.6 Å². The van der Waals surface area contributed by atoms with Crippen LogP contribution in [0.4, 0.5) is 5.95 Å². The van der Waals surface area contributed by atoms with Crippen LogP contribution in [-0.4, -0.2) is 47.0 Å². The maximum atomic E-state index is 12.8. The smallest absolute Gasteiger partial charge is 0.227 e. The fraction of sp³-hybridized carbons (Fsp3) is 0.706. The summed E-state index contributed by atoms with van der Waals surface area (Å²) in [7, 11) is 0. The van der Waals surface area contributed by atoms with E-state index in [9.17, 15) is 4.79 Å². The molecule has 1 aliphatic carbocycles. The van der Waals surface area contributed by atoms with Gasteiger partial charge < -0.3 is 9.80 Å². The molecule has 4 rings (SSSR count). The van der Waals surface area contributed by atoms with E-state index >= 15 is 0 Å². The van der Waals surface area contributed by atoms with Crippen LogP contribution in [0.5, 0.6) is 0 Å². The van der Waals surface area contributed by atoms with Crippen molar-refractivity contribution in [1.29, 1.82) is 0 Å². The van der Waals surface area contributed by atoms with Crippen molar-refractivity contribution in [3.8, 4) is 0 Å². The van der Waals surface area contributed by atoms with Crippen LogP contribution < -0.4 is 4.90 Å². The van der Waals surface area contributed by atoms with Gasteiger partial charge >= 0.3 is 0 Å². The number of rotatable bonds is 2. The van der Waals surface area contributed by atoms with E-state index in [0.29, 0.717) is 5.91 Å². The largest absolute Gasteiger partial charge is 0.342 e. The topological polar surface area (TPSA) is 49.3 Å². The van der Waals surface area contributed by atoms with Crippen molar-refractivity contribution in [2.45, 2.75) is 32.6 Å². The molecule has 118 valence electrons. The molecule has 1 amide bonds. The van der Waals surface area contributed by atoms with Crippen LogP contribution in [0.15, 0.2) is 12.4 Å². The molecule has 3 unspecified atom stereocenters. The summed E-state index contributed by atoms with van der Waals surface area (Å²) < 4.78 is 0.